The number of cyclic esters (lactones) is 1. The summed E-state index contributed by atoms with van der Waals surface area (Å²) < 4.78 is 10.1. The second kappa shape index (κ2) is 5.05. The van der Waals surface area contributed by atoms with Crippen LogP contribution >= 0.6 is 0 Å². The molecular formula is C9H16O2. The second-order valence-corrected chi connectivity index (χ2v) is 2.83. The fourth-order valence-electron chi connectivity index (χ4n) is 1.14. The van der Waals surface area contributed by atoms with Crippen LogP contribution in [0.5, 0.6) is 0 Å². The molecule has 1 aliphatic rings. The third-order valence-electron chi connectivity index (χ3n) is 1.84. The van der Waals surface area contributed by atoms with Crippen LogP contribution < -0.4 is 0 Å². The van der Waals surface area contributed by atoms with Crippen molar-refractivity contribution < 1.29 is 9.16 Å². The molecule has 0 radical (unpaired) electrons. The highest BCUT2D eigenvalue weighted by Gasteiger charge is 2.08. The highest BCUT2D eigenvalue weighted by Crippen LogP contribution is 2.16. The van der Waals surface area contributed by atoms with Crippen LogP contribution in [0.15, 0.2) is 0 Å². The third kappa shape index (κ3) is 3.30. The van der Waals surface area contributed by atoms with Gasteiger partial charge in [-0.15, -0.1) is 0 Å². The number of hydrogen-bond acceptors (Lipinski definition) is 1. The summed E-state index contributed by atoms with van der Waals surface area (Å²) in [5, 5.41) is 0. The minimum absolute atomic E-state index is 0.793. The van der Waals surface area contributed by atoms with Gasteiger partial charge in [-0.3, -0.25) is 0 Å². The van der Waals surface area contributed by atoms with Gasteiger partial charge in [-0.2, -0.15) is 0 Å². The largest absolute Gasteiger partial charge is 0.466 e. The van der Waals surface area contributed by atoms with Crippen molar-refractivity contribution >= 4 is 6.47 Å². The predicted molar refractivity (Wildman–Crippen MR) is 44.0 cm³/mol. The first-order chi connectivity index (χ1) is 5.43. The predicted octanol–water partition coefficient (Wildman–Crippen LogP) is 2.21. The Morgan fingerprint density at radius 3 is 3.09 bits per heavy atom. The van der Waals surface area contributed by atoms with Crippen LogP contribution in [0.2, 0.25) is 0 Å². The van der Waals surface area contributed by atoms with Crippen LogP contribution in [0.1, 0.15) is 39.0 Å². The minimum Gasteiger partial charge on any atom is -0.466 e. The summed E-state index contributed by atoms with van der Waals surface area (Å²) >= 11 is 0. The van der Waals surface area contributed by atoms with Gasteiger partial charge in [0, 0.05) is 6.42 Å². The Balaban J connectivity index is 2.05. The quantitative estimate of drug-likeness (QED) is 0.264. The Labute approximate surface area is 68.2 Å². The standard InChI is InChI=1S/C9H16O2/c1-2-3-4-5-9-6-7-10-8-11-9/h8H,2-7H2,1H3. The van der Waals surface area contributed by atoms with Crippen LogP contribution in [0, 0.1) is 6.10 Å². The zero-order valence-electron chi connectivity index (χ0n) is 7.14. The molecular weight excluding hydrogens is 140 g/mol. The molecule has 0 saturated carbocycles. The summed E-state index contributed by atoms with van der Waals surface area (Å²) in [5.74, 6) is 0. The Morgan fingerprint density at radius 1 is 1.55 bits per heavy atom. The van der Waals surface area contributed by atoms with E-state index in [9.17, 15) is 0 Å². The van der Waals surface area contributed by atoms with Gasteiger partial charge in [0.1, 0.15) is 0 Å². The van der Waals surface area contributed by atoms with Crippen molar-refractivity contribution in [3.8, 4) is 0 Å². The lowest BCUT2D eigenvalue weighted by Crippen LogP contribution is -2.10. The van der Waals surface area contributed by atoms with Crippen molar-refractivity contribution in [2.75, 3.05) is 6.61 Å². The maximum absolute atomic E-state index is 5.19. The summed E-state index contributed by atoms with van der Waals surface area (Å²) in [7, 11) is 0. The Morgan fingerprint density at radius 2 is 2.45 bits per heavy atom. The number of ether oxygens (including phenoxy) is 1. The molecule has 0 atom stereocenters. The van der Waals surface area contributed by atoms with E-state index >= 15 is 0 Å². The molecule has 1 aliphatic heterocycles. The molecule has 1 rings (SSSR count). The molecule has 0 unspecified atom stereocenters. The molecule has 11 heavy (non-hydrogen) atoms. The fourth-order valence-corrected chi connectivity index (χ4v) is 1.14. The molecule has 0 bridgehead atoms. The smallest absolute Gasteiger partial charge is 0.325 e. The second-order valence-electron chi connectivity index (χ2n) is 2.83. The maximum atomic E-state index is 5.19. The molecule has 64 valence electrons. The van der Waals surface area contributed by atoms with Crippen molar-refractivity contribution in [3.05, 3.63) is 6.10 Å². The summed E-state index contributed by atoms with van der Waals surface area (Å²) in [6, 6.07) is 0. The lowest BCUT2D eigenvalue weighted by molar-refractivity contribution is -0.460. The molecule has 2 heteroatoms. The third-order valence-corrected chi connectivity index (χ3v) is 1.84. The normalized spacial score (nSPS) is 16.6. The van der Waals surface area contributed by atoms with E-state index in [0.29, 0.717) is 0 Å². The van der Waals surface area contributed by atoms with E-state index in [1.54, 1.807) is 0 Å². The van der Waals surface area contributed by atoms with Gasteiger partial charge in [0.2, 0.25) is 0 Å². The molecule has 0 amide bonds. The maximum Gasteiger partial charge on any atom is 0.325 e. The van der Waals surface area contributed by atoms with E-state index in [-0.39, 0.29) is 0 Å². The topological polar surface area (TPSA) is 20.5 Å². The lowest BCUT2D eigenvalue weighted by atomic mass is 10.1. The molecule has 2 nitrogen and oxygen atoms in total. The zero-order chi connectivity index (χ0) is 7.94. The van der Waals surface area contributed by atoms with Crippen molar-refractivity contribution in [3.63, 3.8) is 0 Å². The number of carbonyl (C=O) groups excluding carboxylic acids is 1. The van der Waals surface area contributed by atoms with Crippen molar-refractivity contribution in [1.29, 1.82) is 0 Å². The number of unbranched alkanes of at least 4 members (excludes halogenated alkanes) is 2. The number of rotatable bonds is 4. The van der Waals surface area contributed by atoms with Gasteiger partial charge in [-0.1, -0.05) is 26.2 Å². The van der Waals surface area contributed by atoms with Crippen LogP contribution in [-0.2, 0) is 9.16 Å². The van der Waals surface area contributed by atoms with E-state index in [1.807, 2.05) is 0 Å². The van der Waals surface area contributed by atoms with Crippen molar-refractivity contribution in [2.45, 2.75) is 39.0 Å². The van der Waals surface area contributed by atoms with E-state index in [4.69, 9.17) is 9.16 Å². The minimum atomic E-state index is 0.793. The Bertz CT molecular complexity index is 121. The van der Waals surface area contributed by atoms with Crippen molar-refractivity contribution in [2.24, 2.45) is 0 Å². The molecule has 1 heterocycles. The zero-order valence-corrected chi connectivity index (χ0v) is 7.14. The van der Waals surface area contributed by atoms with Gasteiger partial charge in [0.25, 0.3) is 0 Å². The van der Waals surface area contributed by atoms with Gasteiger partial charge >= 0.3 is 6.47 Å². The van der Waals surface area contributed by atoms with E-state index in [0.717, 1.165) is 19.4 Å². The van der Waals surface area contributed by atoms with Gasteiger partial charge in [-0.05, 0) is 6.42 Å². The monoisotopic (exact) mass is 156 g/mol. The van der Waals surface area contributed by atoms with E-state index in [2.05, 4.69) is 6.92 Å². The molecule has 0 aromatic heterocycles. The summed E-state index contributed by atoms with van der Waals surface area (Å²) in [6.45, 7) is 4.45. The Hall–Kier alpha value is -0.660. The first-order valence-corrected chi connectivity index (χ1v) is 4.38. The van der Waals surface area contributed by atoms with E-state index in [1.165, 1.54) is 31.8 Å². The van der Waals surface area contributed by atoms with Gasteiger partial charge in [0.15, 0.2) is 6.61 Å². The van der Waals surface area contributed by atoms with Gasteiger partial charge in [0.05, 0.1) is 6.10 Å². The molecule has 0 spiro atoms. The molecule has 0 saturated heterocycles. The number of hydrogen-bond donors (Lipinski definition) is 0. The Kier molecular flexibility index (Phi) is 3.87. The molecule has 0 aromatic carbocycles. The van der Waals surface area contributed by atoms with Crippen LogP contribution in [0.3, 0.4) is 0 Å². The lowest BCUT2D eigenvalue weighted by Gasteiger charge is -2.16. The summed E-state index contributed by atoms with van der Waals surface area (Å²) in [4.78, 5) is 0. The molecule has 0 aliphatic carbocycles. The molecule has 0 aromatic rings. The van der Waals surface area contributed by atoms with Crippen molar-refractivity contribution in [1.82, 2.24) is 0 Å². The summed E-state index contributed by atoms with van der Waals surface area (Å²) in [5.41, 5.74) is 0. The summed E-state index contributed by atoms with van der Waals surface area (Å²) in [6.07, 6.45) is 7.08. The average Bonchev–Trinajstić information content (AvgIpc) is 2.07. The van der Waals surface area contributed by atoms with Gasteiger partial charge in [-0.25, -0.2) is 0 Å². The van der Waals surface area contributed by atoms with Crippen LogP contribution in [0.25, 0.3) is 0 Å². The fraction of sp³-hybridized carbons (Fsp3) is 0.778. The molecule has 0 fully saturated rings. The average molecular weight is 156 g/mol. The highest BCUT2D eigenvalue weighted by atomic mass is 16.6. The first kappa shape index (κ1) is 8.44. The molecule has 0 N–H and O–H groups in total. The highest BCUT2D eigenvalue weighted by molar-refractivity contribution is 5.39. The van der Waals surface area contributed by atoms with Crippen LogP contribution in [-0.4, -0.2) is 13.1 Å². The first-order valence-electron chi connectivity index (χ1n) is 4.38. The van der Waals surface area contributed by atoms with E-state index < -0.39 is 0 Å². The van der Waals surface area contributed by atoms with Crippen LogP contribution in [0.4, 0.5) is 0 Å². The van der Waals surface area contributed by atoms with Gasteiger partial charge < -0.3 is 9.16 Å². The SMILES string of the molecule is CCCCC[C-]1CCOC=[O+]1.